The lowest BCUT2D eigenvalue weighted by atomic mass is 10.2. The van der Waals surface area contributed by atoms with Crippen molar-refractivity contribution in [3.8, 4) is 0 Å². The first-order chi connectivity index (χ1) is 11.7. The van der Waals surface area contributed by atoms with E-state index in [1.165, 1.54) is 12.1 Å². The van der Waals surface area contributed by atoms with Crippen molar-refractivity contribution in [2.24, 2.45) is 0 Å². The van der Waals surface area contributed by atoms with Crippen LogP contribution in [0.2, 0.25) is 0 Å². The molecule has 0 aliphatic heterocycles. The van der Waals surface area contributed by atoms with Crippen molar-refractivity contribution in [3.63, 3.8) is 0 Å². The number of amides is 1. The number of hydrogen-bond donors (Lipinski definition) is 1. The van der Waals surface area contributed by atoms with E-state index < -0.39 is 16.3 Å². The van der Waals surface area contributed by atoms with E-state index in [1.807, 2.05) is 20.8 Å². The maximum absolute atomic E-state index is 13.8. The predicted molar refractivity (Wildman–Crippen MR) is 92.1 cm³/mol. The summed E-state index contributed by atoms with van der Waals surface area (Å²) in [7, 11) is 0. The number of rotatable bonds is 7. The molecule has 7 nitrogen and oxygen atoms in total. The minimum Gasteiger partial charge on any atom is -0.444 e. The molecule has 138 valence electrons. The third kappa shape index (κ3) is 5.88. The second-order valence-corrected chi connectivity index (χ2v) is 7.11. The number of anilines is 1. The number of non-ortho nitro benzene ring substituents is 1. The molecule has 1 aromatic rings. The van der Waals surface area contributed by atoms with Gasteiger partial charge in [-0.15, -0.1) is 0 Å². The molecule has 1 aliphatic carbocycles. The van der Waals surface area contributed by atoms with Crippen molar-refractivity contribution in [2.45, 2.75) is 51.7 Å². The average molecular weight is 353 g/mol. The summed E-state index contributed by atoms with van der Waals surface area (Å²) >= 11 is 0. The number of carbonyl (C=O) groups is 1. The fraction of sp³-hybridized carbons (Fsp3) is 0.588. The van der Waals surface area contributed by atoms with Crippen molar-refractivity contribution < 1.29 is 18.8 Å². The third-order valence-corrected chi connectivity index (χ3v) is 3.67. The molecule has 0 atom stereocenters. The molecular formula is C17H24FN3O4. The SMILES string of the molecule is CC(C)(C)OC(=O)N(CCCNc1ccc([N+](=O)[O-])cc1F)C1CC1. The van der Waals surface area contributed by atoms with Crippen LogP contribution in [0.25, 0.3) is 0 Å². The van der Waals surface area contributed by atoms with Crippen LogP contribution in [0.1, 0.15) is 40.0 Å². The molecule has 25 heavy (non-hydrogen) atoms. The summed E-state index contributed by atoms with van der Waals surface area (Å²) in [5.41, 5.74) is -0.613. The van der Waals surface area contributed by atoms with Gasteiger partial charge in [-0.05, 0) is 46.1 Å². The number of halogens is 1. The van der Waals surface area contributed by atoms with E-state index in [0.29, 0.717) is 19.5 Å². The largest absolute Gasteiger partial charge is 0.444 e. The molecule has 0 heterocycles. The van der Waals surface area contributed by atoms with Gasteiger partial charge in [0.05, 0.1) is 16.7 Å². The van der Waals surface area contributed by atoms with Crippen molar-refractivity contribution >= 4 is 17.5 Å². The number of benzene rings is 1. The highest BCUT2D eigenvalue weighted by atomic mass is 19.1. The van der Waals surface area contributed by atoms with Gasteiger partial charge < -0.3 is 15.0 Å². The van der Waals surface area contributed by atoms with Crippen LogP contribution in [0.15, 0.2) is 18.2 Å². The molecule has 1 N–H and O–H groups in total. The first kappa shape index (κ1) is 19.0. The molecule has 0 aromatic heterocycles. The lowest BCUT2D eigenvalue weighted by Gasteiger charge is -2.27. The van der Waals surface area contributed by atoms with Crippen molar-refractivity contribution in [2.75, 3.05) is 18.4 Å². The first-order valence-electron chi connectivity index (χ1n) is 8.35. The number of ether oxygens (including phenoxy) is 1. The number of nitrogens with one attached hydrogen (secondary N) is 1. The van der Waals surface area contributed by atoms with Crippen LogP contribution in [0.4, 0.5) is 20.6 Å². The number of carbonyl (C=O) groups excluding carboxylic acids is 1. The Morgan fingerprint density at radius 1 is 1.44 bits per heavy atom. The maximum atomic E-state index is 13.8. The highest BCUT2D eigenvalue weighted by molar-refractivity contribution is 5.69. The van der Waals surface area contributed by atoms with Crippen molar-refractivity contribution in [1.82, 2.24) is 4.90 Å². The Morgan fingerprint density at radius 2 is 2.12 bits per heavy atom. The Bertz CT molecular complexity index is 641. The lowest BCUT2D eigenvalue weighted by Crippen LogP contribution is -2.39. The van der Waals surface area contributed by atoms with Gasteiger partial charge in [-0.3, -0.25) is 10.1 Å². The molecule has 1 saturated carbocycles. The van der Waals surface area contributed by atoms with Crippen LogP contribution >= 0.6 is 0 Å². The molecule has 1 fully saturated rings. The molecular weight excluding hydrogens is 329 g/mol. The highest BCUT2D eigenvalue weighted by Crippen LogP contribution is 2.28. The molecule has 2 rings (SSSR count). The quantitative estimate of drug-likeness (QED) is 0.456. The normalized spacial score (nSPS) is 14.1. The minimum absolute atomic E-state index is 0.209. The molecule has 1 aromatic carbocycles. The Hall–Kier alpha value is -2.38. The van der Waals surface area contributed by atoms with Crippen LogP contribution in [0.3, 0.4) is 0 Å². The monoisotopic (exact) mass is 353 g/mol. The molecule has 1 amide bonds. The Labute approximate surface area is 146 Å². The number of nitro groups is 1. The molecule has 0 spiro atoms. The van der Waals surface area contributed by atoms with Gasteiger partial charge in [-0.1, -0.05) is 0 Å². The standard InChI is InChI=1S/C17H24FN3O4/c1-17(2,3)25-16(22)20(12-5-6-12)10-4-9-19-15-8-7-13(21(23)24)11-14(15)18/h7-8,11-12,19H,4-6,9-10H2,1-3H3. The summed E-state index contributed by atoms with van der Waals surface area (Å²) in [6, 6.07) is 3.72. The van der Waals surface area contributed by atoms with E-state index in [-0.39, 0.29) is 23.5 Å². The van der Waals surface area contributed by atoms with Gasteiger partial charge >= 0.3 is 6.09 Å². The summed E-state index contributed by atoms with van der Waals surface area (Å²) in [5.74, 6) is -0.666. The Morgan fingerprint density at radius 3 is 2.64 bits per heavy atom. The minimum atomic E-state index is -0.666. The van der Waals surface area contributed by atoms with Gasteiger partial charge in [0.15, 0.2) is 5.82 Å². The first-order valence-corrected chi connectivity index (χ1v) is 8.35. The molecule has 0 unspecified atom stereocenters. The second kappa shape index (κ2) is 7.67. The van der Waals surface area contributed by atoms with Gasteiger partial charge in [0.25, 0.3) is 5.69 Å². The Balaban J connectivity index is 1.82. The van der Waals surface area contributed by atoms with Gasteiger partial charge in [-0.25, -0.2) is 9.18 Å². The summed E-state index contributed by atoms with van der Waals surface area (Å²) < 4.78 is 19.2. The van der Waals surface area contributed by atoms with Crippen LogP contribution in [-0.4, -0.2) is 40.6 Å². The average Bonchev–Trinajstić information content (AvgIpc) is 3.31. The Kier molecular flexibility index (Phi) is 5.81. The summed E-state index contributed by atoms with van der Waals surface area (Å²) in [4.78, 5) is 23.9. The van der Waals surface area contributed by atoms with E-state index in [9.17, 15) is 19.3 Å². The zero-order valence-electron chi connectivity index (χ0n) is 14.8. The fourth-order valence-electron chi connectivity index (χ4n) is 2.36. The molecule has 0 saturated heterocycles. The van der Waals surface area contributed by atoms with Crippen LogP contribution in [-0.2, 0) is 4.74 Å². The molecule has 0 bridgehead atoms. The smallest absolute Gasteiger partial charge is 0.410 e. The predicted octanol–water partition coefficient (Wildman–Crippen LogP) is 3.94. The van der Waals surface area contributed by atoms with Gasteiger partial charge in [0, 0.05) is 25.2 Å². The van der Waals surface area contributed by atoms with E-state index in [0.717, 1.165) is 18.9 Å². The van der Waals surface area contributed by atoms with E-state index in [1.54, 1.807) is 4.90 Å². The molecule has 8 heteroatoms. The second-order valence-electron chi connectivity index (χ2n) is 7.11. The molecule has 0 radical (unpaired) electrons. The van der Waals surface area contributed by atoms with Crippen LogP contribution in [0.5, 0.6) is 0 Å². The zero-order chi connectivity index (χ0) is 18.6. The third-order valence-electron chi connectivity index (χ3n) is 3.67. The van der Waals surface area contributed by atoms with E-state index in [4.69, 9.17) is 4.74 Å². The van der Waals surface area contributed by atoms with Gasteiger partial charge in [-0.2, -0.15) is 0 Å². The number of hydrogen-bond acceptors (Lipinski definition) is 5. The number of nitrogens with zero attached hydrogens (tertiary/aromatic N) is 2. The van der Waals surface area contributed by atoms with Crippen molar-refractivity contribution in [1.29, 1.82) is 0 Å². The maximum Gasteiger partial charge on any atom is 0.410 e. The lowest BCUT2D eigenvalue weighted by molar-refractivity contribution is -0.385. The molecule has 1 aliphatic rings. The number of nitro benzene ring substituents is 1. The summed E-state index contributed by atoms with van der Waals surface area (Å²) in [6.45, 7) is 6.45. The van der Waals surface area contributed by atoms with Gasteiger partial charge in [0.2, 0.25) is 0 Å². The zero-order valence-corrected chi connectivity index (χ0v) is 14.8. The summed E-state index contributed by atoms with van der Waals surface area (Å²) in [6.07, 6.45) is 2.25. The van der Waals surface area contributed by atoms with E-state index in [2.05, 4.69) is 5.32 Å². The topological polar surface area (TPSA) is 84.7 Å². The summed E-state index contributed by atoms with van der Waals surface area (Å²) in [5, 5.41) is 13.5. The van der Waals surface area contributed by atoms with Crippen molar-refractivity contribution in [3.05, 3.63) is 34.1 Å². The van der Waals surface area contributed by atoms with Gasteiger partial charge in [0.1, 0.15) is 5.60 Å². The fourth-order valence-corrected chi connectivity index (χ4v) is 2.36. The van der Waals surface area contributed by atoms with E-state index >= 15 is 0 Å². The highest BCUT2D eigenvalue weighted by Gasteiger charge is 2.34. The van der Waals surface area contributed by atoms with Crippen LogP contribution < -0.4 is 5.32 Å². The van der Waals surface area contributed by atoms with Crippen LogP contribution in [0, 0.1) is 15.9 Å².